The van der Waals surface area contributed by atoms with Crippen LogP contribution in [0.4, 0.5) is 18.9 Å². The first kappa shape index (κ1) is 26.7. The Morgan fingerprint density at radius 1 is 0.951 bits per heavy atom. The van der Waals surface area contributed by atoms with E-state index in [4.69, 9.17) is 0 Å². The Hall–Kier alpha value is -3.20. The van der Waals surface area contributed by atoms with Gasteiger partial charge in [0, 0.05) is 22.2 Å². The Kier molecular flexibility index (Phi) is 6.30. The van der Waals surface area contributed by atoms with Gasteiger partial charge < -0.3 is 14.9 Å². The Morgan fingerprint density at radius 3 is 2.20 bits per heavy atom. The number of carboxylic acid groups (broad SMARTS) is 1. The first-order chi connectivity index (χ1) is 19.6. The molecule has 3 aromatic rings. The Labute approximate surface area is 240 Å². The maximum absolute atomic E-state index is 14.2. The van der Waals surface area contributed by atoms with Crippen molar-refractivity contribution in [3.05, 3.63) is 71.8 Å². The van der Waals surface area contributed by atoms with Gasteiger partial charge in [0.25, 0.3) is 5.91 Å². The quantitative estimate of drug-likeness (QED) is 0.305. The molecule has 8 rings (SSSR count). The van der Waals surface area contributed by atoms with Gasteiger partial charge in [-0.3, -0.25) is 4.79 Å². The van der Waals surface area contributed by atoms with Crippen molar-refractivity contribution in [2.45, 2.75) is 61.5 Å². The summed E-state index contributed by atoms with van der Waals surface area (Å²) in [6, 6.07) is 16.8. The van der Waals surface area contributed by atoms with Crippen molar-refractivity contribution in [2.24, 2.45) is 23.2 Å². The van der Waals surface area contributed by atoms with Crippen LogP contribution in [0.2, 0.25) is 0 Å². The van der Waals surface area contributed by atoms with Crippen molar-refractivity contribution in [3.63, 3.8) is 0 Å². The molecule has 1 aliphatic heterocycles. The number of halogens is 3. The molecule has 214 valence electrons. The molecular formula is C32H31F3N2O3S. The van der Waals surface area contributed by atoms with Crippen molar-refractivity contribution in [1.82, 2.24) is 4.90 Å². The number of carbonyl (C=O) groups excluding carboxylic acids is 1. The minimum absolute atomic E-state index is 0.107. The average Bonchev–Trinajstić information content (AvgIpc) is 2.90. The lowest BCUT2D eigenvalue weighted by atomic mass is 9.47. The zero-order valence-corrected chi connectivity index (χ0v) is 23.3. The van der Waals surface area contributed by atoms with E-state index in [2.05, 4.69) is 0 Å². The molecule has 1 heterocycles. The summed E-state index contributed by atoms with van der Waals surface area (Å²) in [5.41, 5.74) is -2.79. The summed E-state index contributed by atoms with van der Waals surface area (Å²) in [4.78, 5) is 31.0. The molecule has 4 fully saturated rings. The highest BCUT2D eigenvalue weighted by molar-refractivity contribution is 8.00. The number of carbonyl (C=O) groups is 2. The van der Waals surface area contributed by atoms with Gasteiger partial charge in [0.2, 0.25) is 0 Å². The van der Waals surface area contributed by atoms with Gasteiger partial charge in [-0.05, 0) is 97.2 Å². The highest BCUT2D eigenvalue weighted by Gasteiger charge is 2.59. The Bertz CT molecular complexity index is 1490. The van der Waals surface area contributed by atoms with E-state index in [1.807, 2.05) is 35.2 Å². The van der Waals surface area contributed by atoms with Crippen LogP contribution in [0.1, 0.15) is 54.4 Å². The molecule has 4 saturated carbocycles. The number of benzene rings is 3. The molecule has 0 radical (unpaired) electrons. The standard InChI is InChI=1S/C32H31F3N2O3S/c33-32(34,35)41-24-8-5-19(6-9-24)17-36-18-37(29(38)26-10-7-23-3-1-2-4-25(23)27(26)36)28(30(39)40)31-14-20-11-21(15-31)13-22(12-20)16-31/h1-10,20-22,28H,11-18H2,(H,39,40). The van der Waals surface area contributed by atoms with Crippen molar-refractivity contribution < 1.29 is 27.9 Å². The van der Waals surface area contributed by atoms with Crippen LogP contribution in [-0.4, -0.2) is 40.1 Å². The molecule has 9 heteroatoms. The van der Waals surface area contributed by atoms with E-state index >= 15 is 0 Å². The van der Waals surface area contributed by atoms with Crippen LogP contribution in [-0.2, 0) is 11.3 Å². The van der Waals surface area contributed by atoms with Crippen LogP contribution >= 0.6 is 11.8 Å². The van der Waals surface area contributed by atoms with Crippen LogP contribution in [0.25, 0.3) is 10.8 Å². The predicted molar refractivity (Wildman–Crippen MR) is 152 cm³/mol. The van der Waals surface area contributed by atoms with Gasteiger partial charge in [-0.25, -0.2) is 4.79 Å². The molecule has 0 aromatic heterocycles. The first-order valence-corrected chi connectivity index (χ1v) is 15.1. The second-order valence-electron chi connectivity index (χ2n) is 12.5. The summed E-state index contributed by atoms with van der Waals surface area (Å²) < 4.78 is 38.7. The molecule has 3 aromatic carbocycles. The molecule has 5 aliphatic rings. The average molecular weight is 581 g/mol. The van der Waals surface area contributed by atoms with Crippen LogP contribution < -0.4 is 4.90 Å². The van der Waals surface area contributed by atoms with Gasteiger partial charge >= 0.3 is 11.5 Å². The maximum Gasteiger partial charge on any atom is 0.446 e. The zero-order valence-electron chi connectivity index (χ0n) is 22.4. The highest BCUT2D eigenvalue weighted by Crippen LogP contribution is 2.62. The van der Waals surface area contributed by atoms with Crippen molar-refractivity contribution in [1.29, 1.82) is 0 Å². The smallest absolute Gasteiger partial charge is 0.446 e. The van der Waals surface area contributed by atoms with Crippen LogP contribution in [0, 0.1) is 23.2 Å². The summed E-state index contributed by atoms with van der Waals surface area (Å²) in [5.74, 6) is 0.385. The predicted octanol–water partition coefficient (Wildman–Crippen LogP) is 7.54. The molecule has 1 N–H and O–H groups in total. The molecule has 4 aliphatic carbocycles. The van der Waals surface area contributed by atoms with E-state index in [0.29, 0.717) is 29.9 Å². The molecule has 4 bridgehead atoms. The van der Waals surface area contributed by atoms with Crippen molar-refractivity contribution >= 4 is 40.1 Å². The number of hydrogen-bond acceptors (Lipinski definition) is 4. The highest BCUT2D eigenvalue weighted by atomic mass is 32.2. The zero-order chi connectivity index (χ0) is 28.5. The van der Waals surface area contributed by atoms with Crippen LogP contribution in [0.5, 0.6) is 0 Å². The fraction of sp³-hybridized carbons (Fsp3) is 0.438. The van der Waals surface area contributed by atoms with Crippen molar-refractivity contribution in [2.75, 3.05) is 11.6 Å². The minimum Gasteiger partial charge on any atom is -0.480 e. The fourth-order valence-corrected chi connectivity index (χ4v) is 9.36. The number of anilines is 1. The number of carboxylic acids is 1. The molecule has 1 atom stereocenters. The lowest BCUT2D eigenvalue weighted by Crippen LogP contribution is -2.63. The number of fused-ring (bicyclic) bond motifs is 3. The number of nitrogens with zero attached hydrogens (tertiary/aromatic N) is 2. The second-order valence-corrected chi connectivity index (χ2v) is 13.6. The SMILES string of the molecule is O=C(O)C(N1CN(Cc2ccc(SC(F)(F)F)cc2)c2c(ccc3ccccc23)C1=O)C12CC3CC(CC(C3)C1)C2. The van der Waals surface area contributed by atoms with Gasteiger partial charge in [0.15, 0.2) is 0 Å². The monoisotopic (exact) mass is 580 g/mol. The van der Waals surface area contributed by atoms with Gasteiger partial charge in [-0.2, -0.15) is 13.2 Å². The molecule has 41 heavy (non-hydrogen) atoms. The fourth-order valence-electron chi connectivity index (χ4n) is 8.83. The van der Waals surface area contributed by atoms with E-state index in [1.165, 1.54) is 31.4 Å². The van der Waals surface area contributed by atoms with Gasteiger partial charge in [-0.15, -0.1) is 0 Å². The van der Waals surface area contributed by atoms with Crippen molar-refractivity contribution in [3.8, 4) is 0 Å². The normalized spacial score (nSPS) is 27.8. The third-order valence-corrected chi connectivity index (χ3v) is 10.5. The second kappa shape index (κ2) is 9.68. The lowest BCUT2D eigenvalue weighted by molar-refractivity contribution is -0.159. The summed E-state index contributed by atoms with van der Waals surface area (Å²) >= 11 is -0.151. The number of amides is 1. The van der Waals surface area contributed by atoms with E-state index in [-0.39, 0.29) is 29.2 Å². The number of hydrogen-bond donors (Lipinski definition) is 1. The van der Waals surface area contributed by atoms with Gasteiger partial charge in [0.1, 0.15) is 6.04 Å². The van der Waals surface area contributed by atoms with E-state index in [1.54, 1.807) is 23.1 Å². The number of rotatable bonds is 6. The molecular weight excluding hydrogens is 549 g/mol. The lowest BCUT2D eigenvalue weighted by Gasteiger charge is -2.60. The number of aliphatic carboxylic acids is 1. The first-order valence-electron chi connectivity index (χ1n) is 14.2. The van der Waals surface area contributed by atoms with Crippen LogP contribution in [0.15, 0.2) is 65.6 Å². The Morgan fingerprint density at radius 2 is 1.59 bits per heavy atom. The van der Waals surface area contributed by atoms with E-state index < -0.39 is 22.9 Å². The molecule has 1 amide bonds. The minimum atomic E-state index is -4.36. The molecule has 5 nitrogen and oxygen atoms in total. The number of thioether (sulfide) groups is 1. The third kappa shape index (κ3) is 4.76. The maximum atomic E-state index is 14.2. The van der Waals surface area contributed by atoms with Gasteiger partial charge in [0.05, 0.1) is 17.9 Å². The topological polar surface area (TPSA) is 60.9 Å². The van der Waals surface area contributed by atoms with Gasteiger partial charge in [-0.1, -0.05) is 42.5 Å². The van der Waals surface area contributed by atoms with Crippen LogP contribution in [0.3, 0.4) is 0 Å². The van der Waals surface area contributed by atoms with E-state index in [0.717, 1.165) is 41.3 Å². The largest absolute Gasteiger partial charge is 0.480 e. The molecule has 0 spiro atoms. The molecule has 1 unspecified atom stereocenters. The molecule has 0 saturated heterocycles. The summed E-state index contributed by atoms with van der Waals surface area (Å²) in [6.45, 7) is 0.437. The summed E-state index contributed by atoms with van der Waals surface area (Å²) in [7, 11) is 0. The summed E-state index contributed by atoms with van der Waals surface area (Å²) in [5, 5.41) is 12.6. The van der Waals surface area contributed by atoms with E-state index in [9.17, 15) is 27.9 Å². The third-order valence-electron chi connectivity index (χ3n) is 9.77. The Balaban J connectivity index is 1.28. The number of alkyl halides is 3. The summed E-state index contributed by atoms with van der Waals surface area (Å²) in [6.07, 6.45) is 6.06.